The molecule has 0 spiro atoms. The van der Waals surface area contributed by atoms with Crippen molar-refractivity contribution in [2.24, 2.45) is 17.8 Å². The van der Waals surface area contributed by atoms with Crippen molar-refractivity contribution >= 4 is 39.7 Å². The molecule has 3 aliphatic rings. The maximum atomic E-state index is 14.0. The second-order valence-electron chi connectivity index (χ2n) is 17.4. The van der Waals surface area contributed by atoms with Crippen molar-refractivity contribution in [3.63, 3.8) is 0 Å². The summed E-state index contributed by atoms with van der Waals surface area (Å²) in [6.45, 7) is 12.9. The summed E-state index contributed by atoms with van der Waals surface area (Å²) in [5, 5.41) is 17.7. The predicted molar refractivity (Wildman–Crippen MR) is 226 cm³/mol. The molecule has 318 valence electrons. The van der Waals surface area contributed by atoms with Crippen LogP contribution in [-0.2, 0) is 25.7 Å². The van der Waals surface area contributed by atoms with E-state index in [4.69, 9.17) is 24.2 Å². The Bertz CT molecular complexity index is 2420. The molecule has 3 aliphatic heterocycles. The Morgan fingerprint density at radius 3 is 2.43 bits per heavy atom. The highest BCUT2D eigenvalue weighted by molar-refractivity contribution is 6.07. The van der Waals surface area contributed by atoms with E-state index in [9.17, 15) is 19.5 Å². The van der Waals surface area contributed by atoms with Gasteiger partial charge in [-0.05, 0) is 90.3 Å². The van der Waals surface area contributed by atoms with Gasteiger partial charge in [0.05, 0.1) is 48.2 Å². The normalized spacial score (nSPS) is 21.6. The fourth-order valence-corrected chi connectivity index (χ4v) is 9.27. The van der Waals surface area contributed by atoms with Crippen LogP contribution in [0.4, 0.5) is 4.79 Å². The number of carbonyl (C=O) groups is 3. The number of amides is 3. The van der Waals surface area contributed by atoms with E-state index >= 15 is 0 Å². The number of nitrogens with one attached hydrogen (secondary N) is 4. The van der Waals surface area contributed by atoms with Crippen LogP contribution in [-0.4, -0.2) is 98.1 Å². The third kappa shape index (κ3) is 7.58. The van der Waals surface area contributed by atoms with Crippen molar-refractivity contribution in [2.75, 3.05) is 20.8 Å². The van der Waals surface area contributed by atoms with E-state index in [2.05, 4.69) is 63.9 Å². The van der Waals surface area contributed by atoms with Crippen molar-refractivity contribution in [1.29, 1.82) is 0 Å². The number of hydrogen-bond acceptors (Lipinski definition) is 10. The molecule has 3 amide bonds. The first-order chi connectivity index (χ1) is 28.8. The predicted octanol–water partition coefficient (Wildman–Crippen LogP) is 6.54. The molecule has 5 aromatic rings. The monoisotopic (exact) mass is 820 g/mol. The second kappa shape index (κ2) is 16.5. The number of aliphatic hydroxyl groups excluding tert-OH is 1. The van der Waals surface area contributed by atoms with E-state index in [0.717, 1.165) is 86.4 Å². The lowest BCUT2D eigenvalue weighted by Gasteiger charge is -2.32. The van der Waals surface area contributed by atoms with Crippen LogP contribution < -0.4 is 15.4 Å². The van der Waals surface area contributed by atoms with Crippen molar-refractivity contribution in [3.05, 3.63) is 65.9 Å². The lowest BCUT2D eigenvalue weighted by atomic mass is 9.92. The Balaban J connectivity index is 1.04. The van der Waals surface area contributed by atoms with Gasteiger partial charge in [0.1, 0.15) is 30.0 Å². The molecule has 0 aliphatic carbocycles. The Morgan fingerprint density at radius 1 is 0.917 bits per heavy atom. The molecule has 8 rings (SSSR count). The van der Waals surface area contributed by atoms with Crippen molar-refractivity contribution in [3.8, 4) is 28.1 Å². The number of nitrogens with zero attached hydrogens (tertiary/aromatic N) is 4. The lowest BCUT2D eigenvalue weighted by molar-refractivity contribution is -0.145. The summed E-state index contributed by atoms with van der Waals surface area (Å²) in [6, 6.07) is 12.8. The maximum Gasteiger partial charge on any atom is 0.407 e. The summed E-state index contributed by atoms with van der Waals surface area (Å²) in [5.74, 6) is 2.07. The number of ether oxygens (including phenoxy) is 3. The fraction of sp³-hybridized carbons (Fsp3) is 0.489. The largest absolute Gasteiger partial charge is 0.488 e. The topological polar surface area (TPSA) is 187 Å². The van der Waals surface area contributed by atoms with E-state index in [-0.39, 0.29) is 47.7 Å². The Kier molecular flexibility index (Phi) is 11.3. The van der Waals surface area contributed by atoms with Gasteiger partial charge in [-0.1, -0.05) is 52.8 Å². The van der Waals surface area contributed by atoms with E-state index in [1.807, 2.05) is 56.7 Å². The zero-order valence-electron chi connectivity index (χ0n) is 35.5. The summed E-state index contributed by atoms with van der Waals surface area (Å²) in [5.41, 5.74) is 6.64. The molecule has 3 aromatic carbocycles. The zero-order chi connectivity index (χ0) is 42.6. The number of aromatic amines is 2. The standard InChI is InChI=1S/C45H56N8O7/c1-22(2)37(50-44(56)58-7)42(54)52-20-24(5)15-35(52)40-46-19-33(48-40)27-10-12-29-28(16-27)21-60-36-18-30-26(17-31(29)36)11-13-32-39(30)49-41(47-32)34-14-9-25(6)53(34)43(55)38(23(3)4)51-45(57)59-8/h10-13,16-19,22-25,34-35,37-38,44,50,56H,9,14-15,20-21H2,1-8H3,(H,46,48)(H,47,49)(H,51,57)/t24-,25-,34-,35-,37-,38-,44?/m0/s1. The first-order valence-corrected chi connectivity index (χ1v) is 21.0. The van der Waals surface area contributed by atoms with Crippen LogP contribution in [0.25, 0.3) is 44.2 Å². The van der Waals surface area contributed by atoms with Crippen LogP contribution in [0.1, 0.15) is 90.1 Å². The van der Waals surface area contributed by atoms with E-state index < -0.39 is 24.6 Å². The number of fused-ring (bicyclic) bond motifs is 6. The van der Waals surface area contributed by atoms with Gasteiger partial charge in [-0.2, -0.15) is 0 Å². The third-order valence-corrected chi connectivity index (χ3v) is 12.5. The van der Waals surface area contributed by atoms with Crippen LogP contribution in [0.5, 0.6) is 5.75 Å². The van der Waals surface area contributed by atoms with E-state index in [1.54, 1.807) is 0 Å². The maximum absolute atomic E-state index is 14.0. The molecule has 2 fully saturated rings. The van der Waals surface area contributed by atoms with Gasteiger partial charge in [-0.3, -0.25) is 14.9 Å². The molecule has 1 unspecified atom stereocenters. The molecule has 0 bridgehead atoms. The van der Waals surface area contributed by atoms with Gasteiger partial charge in [0.15, 0.2) is 0 Å². The number of carbonyl (C=O) groups excluding carboxylic acids is 3. The Morgan fingerprint density at radius 2 is 1.70 bits per heavy atom. The Hall–Kier alpha value is -5.51. The van der Waals surface area contributed by atoms with Crippen LogP contribution in [0, 0.1) is 17.8 Å². The SMILES string of the molecule is COC(=O)N[C@H](C(=O)N1[C@@H](C)CC[C@H]1c1nc2c(ccc3cc4c(cc32)OCc2cc(-c3cnc([C@@H]5C[C@H](C)CN5C(=O)[C@@H](NC(O)OC)C(C)C)[nH]3)ccc2-4)[nH]1)C(C)C. The highest BCUT2D eigenvalue weighted by Crippen LogP contribution is 2.44. The molecule has 2 aromatic heterocycles. The average molecular weight is 821 g/mol. The van der Waals surface area contributed by atoms with Crippen LogP contribution >= 0.6 is 0 Å². The van der Waals surface area contributed by atoms with Crippen LogP contribution in [0.15, 0.2) is 48.7 Å². The number of alkyl carbamates (subject to hydrolysis) is 1. The van der Waals surface area contributed by atoms with Crippen LogP contribution in [0.2, 0.25) is 0 Å². The number of benzene rings is 3. The highest BCUT2D eigenvalue weighted by atomic mass is 16.6. The minimum absolute atomic E-state index is 0.0231. The highest BCUT2D eigenvalue weighted by Gasteiger charge is 2.42. The number of aromatic nitrogens is 4. The fourth-order valence-electron chi connectivity index (χ4n) is 9.27. The number of imidazole rings is 2. The van der Waals surface area contributed by atoms with Crippen LogP contribution in [0.3, 0.4) is 0 Å². The summed E-state index contributed by atoms with van der Waals surface area (Å²) in [7, 11) is 2.69. The molecule has 0 saturated carbocycles. The lowest BCUT2D eigenvalue weighted by Crippen LogP contribution is -2.53. The van der Waals surface area contributed by atoms with Crippen molar-refractivity contribution in [2.45, 2.75) is 104 Å². The van der Waals surface area contributed by atoms with Gasteiger partial charge in [0, 0.05) is 30.6 Å². The van der Waals surface area contributed by atoms with Gasteiger partial charge in [0.2, 0.25) is 18.2 Å². The first-order valence-electron chi connectivity index (χ1n) is 21.0. The third-order valence-electron chi connectivity index (χ3n) is 12.5. The number of hydrogen-bond donors (Lipinski definition) is 5. The Labute approximate surface area is 349 Å². The molecule has 5 heterocycles. The van der Waals surface area contributed by atoms with Gasteiger partial charge in [-0.25, -0.2) is 14.8 Å². The number of methoxy groups -OCH3 is 2. The number of likely N-dealkylation sites (tertiary alicyclic amines) is 2. The number of aliphatic hydroxyl groups is 1. The molecule has 7 atom stereocenters. The van der Waals surface area contributed by atoms with Gasteiger partial charge >= 0.3 is 6.09 Å². The number of H-pyrrole nitrogens is 2. The minimum Gasteiger partial charge on any atom is -0.488 e. The van der Waals surface area contributed by atoms with E-state index in [0.29, 0.717) is 13.2 Å². The quantitative estimate of drug-likeness (QED) is 0.0916. The molecular formula is C45H56N8O7. The molecule has 60 heavy (non-hydrogen) atoms. The zero-order valence-corrected chi connectivity index (χ0v) is 35.5. The molecule has 15 heteroatoms. The molecule has 0 radical (unpaired) electrons. The molecule has 2 saturated heterocycles. The van der Waals surface area contributed by atoms with Crippen molar-refractivity contribution < 1.29 is 33.7 Å². The summed E-state index contributed by atoms with van der Waals surface area (Å²) >= 11 is 0. The van der Waals surface area contributed by atoms with Gasteiger partial charge < -0.3 is 44.4 Å². The molecule has 5 N–H and O–H groups in total. The molecule has 15 nitrogen and oxygen atoms in total. The summed E-state index contributed by atoms with van der Waals surface area (Å²) < 4.78 is 16.2. The second-order valence-corrected chi connectivity index (χ2v) is 17.4. The van der Waals surface area contributed by atoms with Gasteiger partial charge in [-0.15, -0.1) is 0 Å². The van der Waals surface area contributed by atoms with Gasteiger partial charge in [0.25, 0.3) is 0 Å². The first kappa shape index (κ1) is 41.2. The van der Waals surface area contributed by atoms with Crippen molar-refractivity contribution in [1.82, 2.24) is 40.4 Å². The minimum atomic E-state index is -1.24. The smallest absolute Gasteiger partial charge is 0.407 e. The average Bonchev–Trinajstić information content (AvgIpc) is 4.05. The van der Waals surface area contributed by atoms with E-state index in [1.165, 1.54) is 14.2 Å². The molecular weight excluding hydrogens is 765 g/mol. The summed E-state index contributed by atoms with van der Waals surface area (Å²) in [4.78, 5) is 60.6. The number of rotatable bonds is 11. The summed E-state index contributed by atoms with van der Waals surface area (Å²) in [6.07, 6.45) is 2.30.